The minimum Gasteiger partial charge on any atom is -0.386 e. The van der Waals surface area contributed by atoms with Crippen molar-refractivity contribution in [3.63, 3.8) is 0 Å². The number of benzene rings is 1. The first-order chi connectivity index (χ1) is 9.00. The van der Waals surface area contributed by atoms with Gasteiger partial charge in [0.25, 0.3) is 0 Å². The summed E-state index contributed by atoms with van der Waals surface area (Å²) < 4.78 is 15.2. The largest absolute Gasteiger partial charge is 0.386 e. The molecule has 5 heteroatoms. The average molecular weight is 283 g/mol. The van der Waals surface area contributed by atoms with Crippen molar-refractivity contribution in [1.82, 2.24) is 9.55 Å². The van der Waals surface area contributed by atoms with Crippen molar-refractivity contribution in [2.24, 2.45) is 0 Å². The fourth-order valence-electron chi connectivity index (χ4n) is 2.02. The number of aliphatic hydroxyl groups excluding tert-OH is 1. The summed E-state index contributed by atoms with van der Waals surface area (Å²) >= 11 is 5.89. The average Bonchev–Trinajstić information content (AvgIpc) is 2.84. The first-order valence-corrected chi connectivity index (χ1v) is 6.51. The van der Waals surface area contributed by atoms with Gasteiger partial charge in [0.05, 0.1) is 29.3 Å². The van der Waals surface area contributed by atoms with Crippen LogP contribution in [0.5, 0.6) is 0 Å². The zero-order chi connectivity index (χ0) is 14.0. The van der Waals surface area contributed by atoms with E-state index in [9.17, 15) is 9.50 Å². The third-order valence-corrected chi connectivity index (χ3v) is 3.46. The molecule has 1 atom stereocenters. The Labute approximate surface area is 116 Å². The molecule has 1 unspecified atom stereocenters. The van der Waals surface area contributed by atoms with Gasteiger partial charge in [-0.05, 0) is 25.5 Å². The van der Waals surface area contributed by atoms with Crippen LogP contribution in [0.2, 0.25) is 5.02 Å². The van der Waals surface area contributed by atoms with E-state index in [0.717, 1.165) is 0 Å². The summed E-state index contributed by atoms with van der Waals surface area (Å²) in [5.74, 6) is -0.469. The molecular weight excluding hydrogens is 267 g/mol. The number of nitrogens with zero attached hydrogens (tertiary/aromatic N) is 2. The molecule has 1 aromatic heterocycles. The van der Waals surface area contributed by atoms with E-state index in [2.05, 4.69) is 4.98 Å². The normalized spacial score (nSPS) is 12.9. The van der Waals surface area contributed by atoms with E-state index in [-0.39, 0.29) is 17.5 Å². The molecule has 0 aliphatic carbocycles. The monoisotopic (exact) mass is 282 g/mol. The lowest BCUT2D eigenvalue weighted by Crippen LogP contribution is -2.11. The maximum atomic E-state index is 13.3. The number of aliphatic hydroxyl groups is 1. The van der Waals surface area contributed by atoms with Crippen molar-refractivity contribution in [2.75, 3.05) is 0 Å². The van der Waals surface area contributed by atoms with Crippen LogP contribution >= 0.6 is 11.6 Å². The molecule has 102 valence electrons. The molecule has 0 aliphatic rings. The van der Waals surface area contributed by atoms with Crippen molar-refractivity contribution in [3.8, 4) is 0 Å². The van der Waals surface area contributed by atoms with Crippen molar-refractivity contribution < 1.29 is 9.50 Å². The van der Waals surface area contributed by atoms with Crippen molar-refractivity contribution in [2.45, 2.75) is 32.4 Å². The minimum absolute atomic E-state index is 0.0668. The molecule has 2 aromatic rings. The Morgan fingerprint density at radius 3 is 2.84 bits per heavy atom. The summed E-state index contributed by atoms with van der Waals surface area (Å²) in [5.41, 5.74) is 1.29. The summed E-state index contributed by atoms with van der Waals surface area (Å²) in [6.07, 6.45) is 2.80. The van der Waals surface area contributed by atoms with Crippen molar-refractivity contribution in [1.29, 1.82) is 0 Å². The number of halogens is 2. The zero-order valence-corrected chi connectivity index (χ0v) is 11.6. The maximum absolute atomic E-state index is 13.3. The van der Waals surface area contributed by atoms with Crippen LogP contribution in [0, 0.1) is 5.82 Å². The van der Waals surface area contributed by atoms with Crippen LogP contribution in [0.3, 0.4) is 0 Å². The Bertz CT molecular complexity index is 568. The minimum atomic E-state index is -0.760. The van der Waals surface area contributed by atoms with Crippen LogP contribution in [0.15, 0.2) is 30.7 Å². The lowest BCUT2D eigenvalue weighted by molar-refractivity contribution is 0.167. The summed E-state index contributed by atoms with van der Waals surface area (Å²) in [7, 11) is 0. The van der Waals surface area contributed by atoms with Crippen LogP contribution in [0.25, 0.3) is 0 Å². The highest BCUT2D eigenvalue weighted by Crippen LogP contribution is 2.26. The summed E-state index contributed by atoms with van der Waals surface area (Å²) in [5, 5.41) is 10.3. The summed E-state index contributed by atoms with van der Waals surface area (Å²) in [6.45, 7) is 4.01. The van der Waals surface area contributed by atoms with Gasteiger partial charge in [-0.1, -0.05) is 23.7 Å². The molecule has 0 spiro atoms. The van der Waals surface area contributed by atoms with Gasteiger partial charge >= 0.3 is 0 Å². The van der Waals surface area contributed by atoms with Crippen LogP contribution in [-0.4, -0.2) is 14.7 Å². The lowest BCUT2D eigenvalue weighted by atomic mass is 10.1. The summed E-state index contributed by atoms with van der Waals surface area (Å²) in [4.78, 5) is 4.04. The highest BCUT2D eigenvalue weighted by atomic mass is 35.5. The first kappa shape index (κ1) is 14.0. The Morgan fingerprint density at radius 2 is 2.16 bits per heavy atom. The number of aromatic nitrogens is 2. The number of imidazole rings is 1. The van der Waals surface area contributed by atoms with E-state index in [1.165, 1.54) is 6.07 Å². The van der Waals surface area contributed by atoms with Gasteiger partial charge in [-0.15, -0.1) is 0 Å². The molecule has 1 heterocycles. The third kappa shape index (κ3) is 2.96. The van der Waals surface area contributed by atoms with Gasteiger partial charge in [0, 0.05) is 12.5 Å². The Balaban J connectivity index is 2.23. The van der Waals surface area contributed by atoms with Crippen molar-refractivity contribution >= 4 is 11.6 Å². The van der Waals surface area contributed by atoms with Crippen molar-refractivity contribution in [3.05, 3.63) is 52.8 Å². The fourth-order valence-corrected chi connectivity index (χ4v) is 2.23. The highest BCUT2D eigenvalue weighted by Gasteiger charge is 2.17. The molecule has 0 radical (unpaired) electrons. The second kappa shape index (κ2) is 5.72. The van der Waals surface area contributed by atoms with Gasteiger partial charge in [-0.2, -0.15) is 0 Å². The van der Waals surface area contributed by atoms with Crippen LogP contribution in [0.1, 0.15) is 37.3 Å². The molecule has 1 aromatic carbocycles. The van der Waals surface area contributed by atoms with Gasteiger partial charge < -0.3 is 9.67 Å². The van der Waals surface area contributed by atoms with E-state index >= 15 is 0 Å². The van der Waals surface area contributed by atoms with Gasteiger partial charge in [0.2, 0.25) is 0 Å². The van der Waals surface area contributed by atoms with Gasteiger partial charge in [0.15, 0.2) is 0 Å². The zero-order valence-electron chi connectivity index (χ0n) is 10.8. The molecule has 0 saturated heterocycles. The smallest absolute Gasteiger partial charge is 0.142 e. The molecule has 0 aliphatic heterocycles. The lowest BCUT2D eigenvalue weighted by Gasteiger charge is -2.17. The van der Waals surface area contributed by atoms with Gasteiger partial charge in [0.1, 0.15) is 5.82 Å². The molecular formula is C14H16ClFN2O. The van der Waals surface area contributed by atoms with E-state index in [0.29, 0.717) is 11.3 Å². The molecule has 0 bridgehead atoms. The molecule has 3 nitrogen and oxygen atoms in total. The highest BCUT2D eigenvalue weighted by molar-refractivity contribution is 6.31. The Morgan fingerprint density at radius 1 is 1.42 bits per heavy atom. The van der Waals surface area contributed by atoms with Crippen LogP contribution < -0.4 is 0 Å². The second-order valence-corrected chi connectivity index (χ2v) is 5.13. The predicted molar refractivity (Wildman–Crippen MR) is 72.7 cm³/mol. The fraction of sp³-hybridized carbons (Fsp3) is 0.357. The first-order valence-electron chi connectivity index (χ1n) is 6.13. The number of hydrogen-bond donors (Lipinski definition) is 1. The predicted octanol–water partition coefficient (Wildman–Crippen LogP) is 3.53. The molecule has 0 fully saturated rings. The van der Waals surface area contributed by atoms with Gasteiger partial charge in [-0.3, -0.25) is 0 Å². The van der Waals surface area contributed by atoms with Crippen LogP contribution in [-0.2, 0) is 6.42 Å². The van der Waals surface area contributed by atoms with Crippen LogP contribution in [0.4, 0.5) is 4.39 Å². The SMILES string of the molecule is CC(C)n1cncc1C(O)Cc1cccc(F)c1Cl. The third-order valence-electron chi connectivity index (χ3n) is 3.04. The summed E-state index contributed by atoms with van der Waals surface area (Å²) in [6, 6.07) is 4.81. The standard InChI is InChI=1S/C14H16ClFN2O/c1-9(2)18-8-17-7-12(18)13(19)6-10-4-3-5-11(16)14(10)15/h3-5,7-9,13,19H,6H2,1-2H3. The van der Waals surface area contributed by atoms with E-state index in [1.807, 2.05) is 18.4 Å². The topological polar surface area (TPSA) is 38.0 Å². The van der Waals surface area contributed by atoms with E-state index in [1.54, 1.807) is 24.7 Å². The number of rotatable bonds is 4. The number of hydrogen-bond acceptors (Lipinski definition) is 2. The molecule has 0 amide bonds. The van der Waals surface area contributed by atoms with E-state index < -0.39 is 11.9 Å². The maximum Gasteiger partial charge on any atom is 0.142 e. The molecule has 0 saturated carbocycles. The van der Waals surface area contributed by atoms with Gasteiger partial charge in [-0.25, -0.2) is 9.37 Å². The molecule has 2 rings (SSSR count). The molecule has 1 N–H and O–H groups in total. The Kier molecular flexibility index (Phi) is 4.22. The Hall–Kier alpha value is -1.39. The molecule has 19 heavy (non-hydrogen) atoms. The second-order valence-electron chi connectivity index (χ2n) is 4.75. The quantitative estimate of drug-likeness (QED) is 0.931. The van der Waals surface area contributed by atoms with E-state index in [4.69, 9.17) is 11.6 Å².